The first-order valence-corrected chi connectivity index (χ1v) is 12.1. The maximum absolute atomic E-state index is 13.3. The maximum Gasteiger partial charge on any atom is 0.259 e. The number of amides is 1. The zero-order valence-electron chi connectivity index (χ0n) is 19.2. The van der Waals surface area contributed by atoms with Crippen molar-refractivity contribution in [1.29, 1.82) is 0 Å². The highest BCUT2D eigenvalue weighted by molar-refractivity contribution is 7.13. The van der Waals surface area contributed by atoms with Gasteiger partial charge in [0.05, 0.1) is 12.8 Å². The number of methoxy groups -OCH3 is 1. The summed E-state index contributed by atoms with van der Waals surface area (Å²) in [5.41, 5.74) is 4.20. The van der Waals surface area contributed by atoms with Gasteiger partial charge in [0.1, 0.15) is 27.8 Å². The number of hydrogen-bond acceptors (Lipinski definition) is 7. The molecule has 2 aromatic carbocycles. The standard InChI is InChI=1S/C26H26N4O3S/c1-18-23(24(28-33-18)19-6-4-3-5-7-19)26(31)30-14-12-29(13-15-30)16-21-17-34-25(27-21)20-8-10-22(32-2)11-9-20/h3-11,17H,12-16H2,1-2H3. The average molecular weight is 475 g/mol. The Morgan fingerprint density at radius 3 is 2.47 bits per heavy atom. The van der Waals surface area contributed by atoms with Crippen molar-refractivity contribution in [2.24, 2.45) is 0 Å². The number of benzene rings is 2. The molecule has 174 valence electrons. The molecular formula is C26H26N4O3S. The van der Waals surface area contributed by atoms with Crippen LogP contribution in [0.2, 0.25) is 0 Å². The van der Waals surface area contributed by atoms with Crippen LogP contribution in [0.15, 0.2) is 64.5 Å². The summed E-state index contributed by atoms with van der Waals surface area (Å²) in [6, 6.07) is 17.7. The molecule has 5 rings (SSSR count). The van der Waals surface area contributed by atoms with Crippen LogP contribution in [0.5, 0.6) is 5.75 Å². The molecule has 4 aromatic rings. The van der Waals surface area contributed by atoms with Crippen molar-refractivity contribution in [3.63, 3.8) is 0 Å². The average Bonchev–Trinajstić information content (AvgIpc) is 3.51. The minimum absolute atomic E-state index is 0.0206. The van der Waals surface area contributed by atoms with Crippen molar-refractivity contribution in [1.82, 2.24) is 19.9 Å². The Balaban J connectivity index is 1.21. The minimum atomic E-state index is -0.0206. The smallest absolute Gasteiger partial charge is 0.259 e. The SMILES string of the molecule is COc1ccc(-c2nc(CN3CCN(C(=O)c4c(-c5ccccc5)noc4C)CC3)cs2)cc1. The van der Waals surface area contributed by atoms with Crippen LogP contribution in [0.4, 0.5) is 0 Å². The molecule has 0 radical (unpaired) electrons. The summed E-state index contributed by atoms with van der Waals surface area (Å²) in [4.78, 5) is 22.4. The Hall–Kier alpha value is -3.49. The van der Waals surface area contributed by atoms with Gasteiger partial charge in [0.2, 0.25) is 0 Å². The summed E-state index contributed by atoms with van der Waals surface area (Å²) in [7, 11) is 1.67. The fraction of sp³-hybridized carbons (Fsp3) is 0.269. The topological polar surface area (TPSA) is 71.7 Å². The van der Waals surface area contributed by atoms with Crippen LogP contribution in [0, 0.1) is 6.92 Å². The van der Waals surface area contributed by atoms with Gasteiger partial charge < -0.3 is 14.2 Å². The number of rotatable bonds is 6. The Morgan fingerprint density at radius 2 is 1.76 bits per heavy atom. The van der Waals surface area contributed by atoms with E-state index in [4.69, 9.17) is 14.2 Å². The van der Waals surface area contributed by atoms with E-state index in [1.54, 1.807) is 25.4 Å². The first kappa shape index (κ1) is 22.3. The van der Waals surface area contributed by atoms with E-state index in [-0.39, 0.29) is 5.91 Å². The second-order valence-corrected chi connectivity index (χ2v) is 9.13. The Morgan fingerprint density at radius 1 is 1.03 bits per heavy atom. The molecule has 2 aromatic heterocycles. The Labute approximate surface area is 202 Å². The summed E-state index contributed by atoms with van der Waals surface area (Å²) in [5.74, 6) is 1.37. The van der Waals surface area contributed by atoms with Crippen molar-refractivity contribution in [2.75, 3.05) is 33.3 Å². The molecule has 7 nitrogen and oxygen atoms in total. The number of carbonyl (C=O) groups excluding carboxylic acids is 1. The van der Waals surface area contributed by atoms with Crippen molar-refractivity contribution in [2.45, 2.75) is 13.5 Å². The van der Waals surface area contributed by atoms with E-state index in [9.17, 15) is 4.79 Å². The van der Waals surface area contributed by atoms with Crippen LogP contribution in [0.25, 0.3) is 21.8 Å². The van der Waals surface area contributed by atoms with Crippen LogP contribution in [0.3, 0.4) is 0 Å². The molecule has 0 atom stereocenters. The summed E-state index contributed by atoms with van der Waals surface area (Å²) in [6.45, 7) is 5.49. The number of piperazine rings is 1. The number of thiazole rings is 1. The molecule has 0 bridgehead atoms. The van der Waals surface area contributed by atoms with E-state index >= 15 is 0 Å². The molecule has 0 unspecified atom stereocenters. The second kappa shape index (κ2) is 9.79. The van der Waals surface area contributed by atoms with Gasteiger partial charge in [0, 0.05) is 49.2 Å². The molecule has 8 heteroatoms. The third kappa shape index (κ3) is 4.60. The summed E-state index contributed by atoms with van der Waals surface area (Å²) < 4.78 is 10.6. The minimum Gasteiger partial charge on any atom is -0.497 e. The van der Waals surface area contributed by atoms with Gasteiger partial charge in [-0.2, -0.15) is 0 Å². The summed E-state index contributed by atoms with van der Waals surface area (Å²) in [5, 5.41) is 7.28. The number of aryl methyl sites for hydroxylation is 1. The molecule has 1 fully saturated rings. The number of nitrogens with zero attached hydrogens (tertiary/aromatic N) is 4. The fourth-order valence-electron chi connectivity index (χ4n) is 4.16. The van der Waals surface area contributed by atoms with E-state index < -0.39 is 0 Å². The van der Waals surface area contributed by atoms with Crippen LogP contribution >= 0.6 is 11.3 Å². The van der Waals surface area contributed by atoms with E-state index in [0.29, 0.717) is 30.1 Å². The number of ether oxygens (including phenoxy) is 1. The predicted octanol–water partition coefficient (Wildman–Crippen LogP) is 4.74. The van der Waals surface area contributed by atoms with Crippen molar-refractivity contribution in [3.8, 4) is 27.6 Å². The lowest BCUT2D eigenvalue weighted by atomic mass is 10.0. The van der Waals surface area contributed by atoms with Crippen molar-refractivity contribution >= 4 is 17.2 Å². The molecule has 34 heavy (non-hydrogen) atoms. The normalized spacial score (nSPS) is 14.4. The third-order valence-electron chi connectivity index (χ3n) is 6.06. The van der Waals surface area contributed by atoms with Gasteiger partial charge in [-0.05, 0) is 31.2 Å². The molecular weight excluding hydrogens is 448 g/mol. The first-order valence-electron chi connectivity index (χ1n) is 11.2. The highest BCUT2D eigenvalue weighted by atomic mass is 32.1. The van der Waals surface area contributed by atoms with Gasteiger partial charge in [-0.1, -0.05) is 35.5 Å². The van der Waals surface area contributed by atoms with Crippen LogP contribution in [0.1, 0.15) is 21.8 Å². The molecule has 0 saturated carbocycles. The lowest BCUT2D eigenvalue weighted by molar-refractivity contribution is 0.0626. The van der Waals surface area contributed by atoms with E-state index in [1.807, 2.05) is 59.5 Å². The molecule has 1 saturated heterocycles. The van der Waals surface area contributed by atoms with Gasteiger partial charge in [0.15, 0.2) is 0 Å². The number of aromatic nitrogens is 2. The van der Waals surface area contributed by atoms with Crippen LogP contribution in [-0.2, 0) is 6.54 Å². The molecule has 0 spiro atoms. The zero-order valence-corrected chi connectivity index (χ0v) is 20.0. The Kier molecular flexibility index (Phi) is 6.42. The van der Waals surface area contributed by atoms with E-state index in [2.05, 4.69) is 15.4 Å². The molecule has 0 N–H and O–H groups in total. The van der Waals surface area contributed by atoms with Gasteiger partial charge in [0.25, 0.3) is 5.91 Å². The highest BCUT2D eigenvalue weighted by Gasteiger charge is 2.28. The van der Waals surface area contributed by atoms with E-state index in [1.165, 1.54) is 0 Å². The monoisotopic (exact) mass is 474 g/mol. The third-order valence-corrected chi connectivity index (χ3v) is 7.00. The fourth-order valence-corrected chi connectivity index (χ4v) is 4.98. The summed E-state index contributed by atoms with van der Waals surface area (Å²) in [6.07, 6.45) is 0. The van der Waals surface area contributed by atoms with Crippen molar-refractivity contribution in [3.05, 3.63) is 77.0 Å². The second-order valence-electron chi connectivity index (χ2n) is 8.27. The van der Waals surface area contributed by atoms with Crippen molar-refractivity contribution < 1.29 is 14.1 Å². The number of carbonyl (C=O) groups is 1. The first-order chi connectivity index (χ1) is 16.6. The lowest BCUT2D eigenvalue weighted by Gasteiger charge is -2.34. The van der Waals surface area contributed by atoms with Gasteiger partial charge in [-0.3, -0.25) is 9.69 Å². The largest absolute Gasteiger partial charge is 0.497 e. The van der Waals surface area contributed by atoms with E-state index in [0.717, 1.165) is 47.2 Å². The Bertz CT molecular complexity index is 1260. The van der Waals surface area contributed by atoms with Gasteiger partial charge in [-0.25, -0.2) is 4.98 Å². The highest BCUT2D eigenvalue weighted by Crippen LogP contribution is 2.28. The van der Waals surface area contributed by atoms with Gasteiger partial charge in [-0.15, -0.1) is 11.3 Å². The zero-order chi connectivity index (χ0) is 23.5. The lowest BCUT2D eigenvalue weighted by Crippen LogP contribution is -2.48. The molecule has 3 heterocycles. The molecule has 1 aliphatic rings. The van der Waals surface area contributed by atoms with Gasteiger partial charge >= 0.3 is 0 Å². The van der Waals surface area contributed by atoms with Crippen LogP contribution < -0.4 is 4.74 Å². The van der Waals surface area contributed by atoms with Crippen LogP contribution in [-0.4, -0.2) is 59.1 Å². The quantitative estimate of drug-likeness (QED) is 0.402. The maximum atomic E-state index is 13.3. The molecule has 1 amide bonds. The summed E-state index contributed by atoms with van der Waals surface area (Å²) >= 11 is 1.65. The molecule has 1 aliphatic heterocycles. The predicted molar refractivity (Wildman–Crippen MR) is 132 cm³/mol. The molecule has 0 aliphatic carbocycles. The number of hydrogen-bond donors (Lipinski definition) is 0.